The summed E-state index contributed by atoms with van der Waals surface area (Å²) >= 11 is 0. The molecule has 0 aliphatic carbocycles. The fourth-order valence-electron chi connectivity index (χ4n) is 2.78. The lowest BCUT2D eigenvalue weighted by atomic mass is 9.88. The van der Waals surface area contributed by atoms with Crippen molar-refractivity contribution in [3.63, 3.8) is 0 Å². The zero-order valence-electron chi connectivity index (χ0n) is 12.6. The molecule has 2 unspecified atom stereocenters. The van der Waals surface area contributed by atoms with Gasteiger partial charge in [-0.15, -0.1) is 0 Å². The van der Waals surface area contributed by atoms with Gasteiger partial charge >= 0.3 is 0 Å². The summed E-state index contributed by atoms with van der Waals surface area (Å²) in [4.78, 5) is 11.4. The standard InChI is InChI=1S/C15H26N4/c1-5-13-14(16-6-2)17-10-18-15(13)19-8-7-11(3)12(4)9-19/h10-12H,5-9H2,1-4H3,(H,16,17,18). The average Bonchev–Trinajstić information content (AvgIpc) is 2.42. The van der Waals surface area contributed by atoms with Gasteiger partial charge in [0.05, 0.1) is 0 Å². The second kappa shape index (κ2) is 6.22. The van der Waals surface area contributed by atoms with Gasteiger partial charge in [0.1, 0.15) is 18.0 Å². The molecule has 19 heavy (non-hydrogen) atoms. The van der Waals surface area contributed by atoms with Crippen LogP contribution in [0, 0.1) is 11.8 Å². The first kappa shape index (κ1) is 14.1. The minimum absolute atomic E-state index is 0.732. The first-order chi connectivity index (χ1) is 9.17. The van der Waals surface area contributed by atoms with Crippen molar-refractivity contribution >= 4 is 11.6 Å². The Morgan fingerprint density at radius 3 is 2.68 bits per heavy atom. The minimum Gasteiger partial charge on any atom is -0.370 e. The zero-order chi connectivity index (χ0) is 13.8. The number of nitrogens with zero attached hydrogens (tertiary/aromatic N) is 3. The third kappa shape index (κ3) is 2.99. The van der Waals surface area contributed by atoms with Crippen molar-refractivity contribution in [2.75, 3.05) is 29.9 Å². The molecule has 1 saturated heterocycles. The maximum Gasteiger partial charge on any atom is 0.137 e. The first-order valence-corrected chi connectivity index (χ1v) is 7.50. The number of aromatic nitrogens is 2. The van der Waals surface area contributed by atoms with Crippen LogP contribution in [0.1, 0.15) is 39.7 Å². The topological polar surface area (TPSA) is 41.1 Å². The monoisotopic (exact) mass is 262 g/mol. The number of hydrogen-bond acceptors (Lipinski definition) is 4. The second-order valence-electron chi connectivity index (χ2n) is 5.60. The Labute approximate surface area is 116 Å². The number of rotatable bonds is 4. The lowest BCUT2D eigenvalue weighted by molar-refractivity contribution is 0.322. The highest BCUT2D eigenvalue weighted by Gasteiger charge is 2.25. The van der Waals surface area contributed by atoms with Gasteiger partial charge in [-0.25, -0.2) is 9.97 Å². The highest BCUT2D eigenvalue weighted by molar-refractivity contribution is 5.59. The van der Waals surface area contributed by atoms with E-state index < -0.39 is 0 Å². The Bertz CT molecular complexity index is 419. The molecule has 2 atom stereocenters. The van der Waals surface area contributed by atoms with Gasteiger partial charge in [-0.05, 0) is 31.6 Å². The Morgan fingerprint density at radius 2 is 2.05 bits per heavy atom. The molecular weight excluding hydrogens is 236 g/mol. The number of nitrogens with one attached hydrogen (secondary N) is 1. The fourth-order valence-corrected chi connectivity index (χ4v) is 2.78. The molecule has 1 N–H and O–H groups in total. The molecule has 1 aromatic heterocycles. The molecule has 0 spiro atoms. The lowest BCUT2D eigenvalue weighted by Gasteiger charge is -2.37. The summed E-state index contributed by atoms with van der Waals surface area (Å²) in [7, 11) is 0. The van der Waals surface area contributed by atoms with Crippen molar-refractivity contribution in [1.29, 1.82) is 0 Å². The predicted octanol–water partition coefficient (Wildman–Crippen LogP) is 2.95. The molecule has 2 rings (SSSR count). The molecule has 0 amide bonds. The fraction of sp³-hybridized carbons (Fsp3) is 0.733. The van der Waals surface area contributed by atoms with E-state index in [0.717, 1.165) is 49.5 Å². The number of anilines is 2. The summed E-state index contributed by atoms with van der Waals surface area (Å²) in [5.74, 6) is 3.68. The summed E-state index contributed by atoms with van der Waals surface area (Å²) in [5.41, 5.74) is 1.26. The normalized spacial score (nSPS) is 23.5. The third-order valence-corrected chi connectivity index (χ3v) is 4.25. The van der Waals surface area contributed by atoms with E-state index in [0.29, 0.717) is 0 Å². The molecule has 0 radical (unpaired) electrons. The third-order valence-electron chi connectivity index (χ3n) is 4.25. The molecule has 0 saturated carbocycles. The van der Waals surface area contributed by atoms with Crippen LogP contribution in [0.4, 0.5) is 11.6 Å². The molecule has 1 aliphatic rings. The summed E-state index contributed by atoms with van der Waals surface area (Å²) in [6.07, 6.45) is 3.92. The Kier molecular flexibility index (Phi) is 4.61. The van der Waals surface area contributed by atoms with E-state index in [-0.39, 0.29) is 0 Å². The van der Waals surface area contributed by atoms with Crippen LogP contribution < -0.4 is 10.2 Å². The molecule has 1 fully saturated rings. The van der Waals surface area contributed by atoms with E-state index >= 15 is 0 Å². The van der Waals surface area contributed by atoms with Gasteiger partial charge in [0.15, 0.2) is 0 Å². The molecule has 4 heteroatoms. The van der Waals surface area contributed by atoms with Crippen molar-refractivity contribution in [2.45, 2.75) is 40.5 Å². The highest BCUT2D eigenvalue weighted by atomic mass is 15.2. The van der Waals surface area contributed by atoms with Crippen molar-refractivity contribution in [2.24, 2.45) is 11.8 Å². The van der Waals surface area contributed by atoms with Crippen LogP contribution in [0.15, 0.2) is 6.33 Å². The summed E-state index contributed by atoms with van der Waals surface area (Å²) in [6, 6.07) is 0. The maximum absolute atomic E-state index is 4.55. The van der Waals surface area contributed by atoms with Crippen molar-refractivity contribution in [1.82, 2.24) is 9.97 Å². The highest BCUT2D eigenvalue weighted by Crippen LogP contribution is 2.30. The molecule has 1 aliphatic heterocycles. The smallest absolute Gasteiger partial charge is 0.137 e. The number of piperidine rings is 1. The van der Waals surface area contributed by atoms with E-state index in [1.165, 1.54) is 12.0 Å². The SMILES string of the molecule is CCNc1ncnc(N2CCC(C)C(C)C2)c1CC. The Morgan fingerprint density at radius 1 is 1.26 bits per heavy atom. The quantitative estimate of drug-likeness (QED) is 0.905. The van der Waals surface area contributed by atoms with Crippen LogP contribution in [0.2, 0.25) is 0 Å². The second-order valence-corrected chi connectivity index (χ2v) is 5.60. The van der Waals surface area contributed by atoms with Crippen LogP contribution >= 0.6 is 0 Å². The molecule has 2 heterocycles. The maximum atomic E-state index is 4.55. The molecule has 4 nitrogen and oxygen atoms in total. The van der Waals surface area contributed by atoms with Gasteiger partial charge in [0, 0.05) is 25.2 Å². The minimum atomic E-state index is 0.732. The Hall–Kier alpha value is -1.32. The van der Waals surface area contributed by atoms with E-state index in [9.17, 15) is 0 Å². The summed E-state index contributed by atoms with van der Waals surface area (Å²) in [5, 5.41) is 3.35. The predicted molar refractivity (Wildman–Crippen MR) is 80.7 cm³/mol. The van der Waals surface area contributed by atoms with Gasteiger partial charge in [-0.3, -0.25) is 0 Å². The van der Waals surface area contributed by atoms with Crippen LogP contribution in [0.5, 0.6) is 0 Å². The zero-order valence-corrected chi connectivity index (χ0v) is 12.6. The van der Waals surface area contributed by atoms with Gasteiger partial charge in [-0.1, -0.05) is 20.8 Å². The summed E-state index contributed by atoms with van der Waals surface area (Å²) < 4.78 is 0. The van der Waals surface area contributed by atoms with E-state index in [1.54, 1.807) is 6.33 Å². The van der Waals surface area contributed by atoms with Gasteiger partial charge < -0.3 is 10.2 Å². The Balaban J connectivity index is 2.26. The van der Waals surface area contributed by atoms with Crippen molar-refractivity contribution in [3.05, 3.63) is 11.9 Å². The number of hydrogen-bond donors (Lipinski definition) is 1. The average molecular weight is 262 g/mol. The summed E-state index contributed by atoms with van der Waals surface area (Å²) in [6.45, 7) is 12.1. The van der Waals surface area contributed by atoms with Gasteiger partial charge in [0.2, 0.25) is 0 Å². The van der Waals surface area contributed by atoms with Crippen molar-refractivity contribution in [3.8, 4) is 0 Å². The molecule has 0 bridgehead atoms. The lowest BCUT2D eigenvalue weighted by Crippen LogP contribution is -2.39. The van der Waals surface area contributed by atoms with Crippen LogP contribution in [0.25, 0.3) is 0 Å². The molecule has 106 valence electrons. The molecule has 1 aromatic rings. The van der Waals surface area contributed by atoms with Crippen LogP contribution in [-0.4, -0.2) is 29.6 Å². The molecular formula is C15H26N4. The first-order valence-electron chi connectivity index (χ1n) is 7.50. The van der Waals surface area contributed by atoms with Crippen LogP contribution in [0.3, 0.4) is 0 Å². The van der Waals surface area contributed by atoms with Crippen molar-refractivity contribution < 1.29 is 0 Å². The van der Waals surface area contributed by atoms with Gasteiger partial charge in [-0.2, -0.15) is 0 Å². The van der Waals surface area contributed by atoms with E-state index in [4.69, 9.17) is 0 Å². The van der Waals surface area contributed by atoms with E-state index in [2.05, 4.69) is 47.9 Å². The molecule has 0 aromatic carbocycles. The van der Waals surface area contributed by atoms with Gasteiger partial charge in [0.25, 0.3) is 0 Å². The largest absolute Gasteiger partial charge is 0.370 e. The van der Waals surface area contributed by atoms with E-state index in [1.807, 2.05) is 0 Å². The van der Waals surface area contributed by atoms with Crippen LogP contribution in [-0.2, 0) is 6.42 Å².